The van der Waals surface area contributed by atoms with Crippen molar-refractivity contribution in [2.24, 2.45) is 0 Å². The second kappa shape index (κ2) is 5.31. The van der Waals surface area contributed by atoms with E-state index in [4.69, 9.17) is 0 Å². The lowest BCUT2D eigenvalue weighted by atomic mass is 10.2. The monoisotopic (exact) mass is 302 g/mol. The van der Waals surface area contributed by atoms with E-state index in [1.807, 2.05) is 30.3 Å². The van der Waals surface area contributed by atoms with E-state index >= 15 is 0 Å². The molecule has 0 spiro atoms. The minimum Gasteiger partial charge on any atom is -0.326 e. The fraction of sp³-hybridized carbons (Fsp3) is 0.133. The molecule has 2 N–H and O–H groups in total. The van der Waals surface area contributed by atoms with Gasteiger partial charge in [-0.1, -0.05) is 30.3 Å². The Balaban J connectivity index is 1.79. The summed E-state index contributed by atoms with van der Waals surface area (Å²) in [4.78, 5) is 11.5. The maximum Gasteiger partial charge on any atom is 0.240 e. The average molecular weight is 302 g/mol. The highest BCUT2D eigenvalue weighted by Gasteiger charge is 2.21. The largest absolute Gasteiger partial charge is 0.326 e. The van der Waals surface area contributed by atoms with Crippen molar-refractivity contribution >= 4 is 21.6 Å². The summed E-state index contributed by atoms with van der Waals surface area (Å²) >= 11 is 0. The summed E-state index contributed by atoms with van der Waals surface area (Å²) in [6, 6.07) is 14.0. The SMILES string of the molecule is O=C1Cc2cc(S(=O)(=O)NCc3ccccc3)ccc2N1. The van der Waals surface area contributed by atoms with Crippen molar-refractivity contribution in [3.05, 3.63) is 59.7 Å². The van der Waals surface area contributed by atoms with E-state index in [1.165, 1.54) is 6.07 Å². The first-order valence-electron chi connectivity index (χ1n) is 6.51. The number of sulfonamides is 1. The van der Waals surface area contributed by atoms with E-state index in [9.17, 15) is 13.2 Å². The standard InChI is InChI=1S/C15H14N2O3S/c18-15-9-12-8-13(6-7-14(12)17-15)21(19,20)16-10-11-4-2-1-3-5-11/h1-8,16H,9-10H2,(H,17,18). The van der Waals surface area contributed by atoms with Crippen molar-refractivity contribution in [1.29, 1.82) is 0 Å². The lowest BCUT2D eigenvalue weighted by molar-refractivity contribution is -0.115. The molecular formula is C15H14N2O3S. The molecule has 0 radical (unpaired) electrons. The molecule has 6 heteroatoms. The number of rotatable bonds is 4. The van der Waals surface area contributed by atoms with Gasteiger partial charge < -0.3 is 5.32 Å². The molecule has 1 amide bonds. The van der Waals surface area contributed by atoms with E-state index in [1.54, 1.807) is 12.1 Å². The number of fused-ring (bicyclic) bond motifs is 1. The van der Waals surface area contributed by atoms with Crippen LogP contribution in [0.15, 0.2) is 53.4 Å². The van der Waals surface area contributed by atoms with Gasteiger partial charge in [0.25, 0.3) is 0 Å². The van der Waals surface area contributed by atoms with E-state index in [0.717, 1.165) is 5.56 Å². The van der Waals surface area contributed by atoms with Gasteiger partial charge in [-0.25, -0.2) is 13.1 Å². The Hall–Kier alpha value is -2.18. The van der Waals surface area contributed by atoms with Crippen molar-refractivity contribution in [2.45, 2.75) is 17.9 Å². The molecule has 1 aliphatic rings. The molecule has 3 rings (SSSR count). The molecule has 0 aliphatic carbocycles. The smallest absolute Gasteiger partial charge is 0.240 e. The molecule has 0 fully saturated rings. The first kappa shape index (κ1) is 13.8. The molecule has 0 saturated heterocycles. The Morgan fingerprint density at radius 2 is 1.86 bits per heavy atom. The fourth-order valence-corrected chi connectivity index (χ4v) is 3.30. The Labute approximate surface area is 123 Å². The minimum atomic E-state index is -3.59. The van der Waals surface area contributed by atoms with Gasteiger partial charge in [0, 0.05) is 12.2 Å². The maximum absolute atomic E-state index is 12.3. The number of hydrogen-bond donors (Lipinski definition) is 2. The van der Waals surface area contributed by atoms with Crippen molar-refractivity contribution in [3.63, 3.8) is 0 Å². The zero-order chi connectivity index (χ0) is 14.9. The van der Waals surface area contributed by atoms with E-state index < -0.39 is 10.0 Å². The Morgan fingerprint density at radius 1 is 1.10 bits per heavy atom. The van der Waals surface area contributed by atoms with Crippen LogP contribution in [0.3, 0.4) is 0 Å². The molecule has 0 atom stereocenters. The van der Waals surface area contributed by atoms with E-state index in [-0.39, 0.29) is 23.8 Å². The lowest BCUT2D eigenvalue weighted by Gasteiger charge is -2.08. The highest BCUT2D eigenvalue weighted by atomic mass is 32.2. The molecule has 2 aromatic rings. The quantitative estimate of drug-likeness (QED) is 0.902. The Kier molecular flexibility index (Phi) is 3.48. The van der Waals surface area contributed by atoms with Crippen LogP contribution in [-0.2, 0) is 27.8 Å². The van der Waals surface area contributed by atoms with Crippen LogP contribution in [0.5, 0.6) is 0 Å². The number of benzene rings is 2. The highest BCUT2D eigenvalue weighted by molar-refractivity contribution is 7.89. The van der Waals surface area contributed by atoms with E-state index in [2.05, 4.69) is 10.0 Å². The molecule has 21 heavy (non-hydrogen) atoms. The topological polar surface area (TPSA) is 75.3 Å². The summed E-state index contributed by atoms with van der Waals surface area (Å²) in [7, 11) is -3.59. The molecule has 2 aromatic carbocycles. The highest BCUT2D eigenvalue weighted by Crippen LogP contribution is 2.25. The summed E-state index contributed by atoms with van der Waals surface area (Å²) in [5.41, 5.74) is 2.28. The molecule has 108 valence electrons. The number of anilines is 1. The summed E-state index contributed by atoms with van der Waals surface area (Å²) < 4.78 is 27.1. The summed E-state index contributed by atoms with van der Waals surface area (Å²) in [6.45, 7) is 0.234. The predicted molar refractivity (Wildman–Crippen MR) is 79.2 cm³/mol. The maximum atomic E-state index is 12.3. The molecule has 0 bridgehead atoms. The molecule has 5 nitrogen and oxygen atoms in total. The molecular weight excluding hydrogens is 288 g/mol. The van der Waals surface area contributed by atoms with E-state index in [0.29, 0.717) is 11.3 Å². The Bertz CT molecular complexity index is 786. The lowest BCUT2D eigenvalue weighted by Crippen LogP contribution is -2.23. The second-order valence-corrected chi connectivity index (χ2v) is 6.62. The molecule has 0 aromatic heterocycles. The van der Waals surface area contributed by atoms with Crippen molar-refractivity contribution < 1.29 is 13.2 Å². The van der Waals surface area contributed by atoms with Gasteiger partial charge in [0.1, 0.15) is 0 Å². The number of carbonyl (C=O) groups is 1. The van der Waals surface area contributed by atoms with Gasteiger partial charge in [0.15, 0.2) is 0 Å². The van der Waals surface area contributed by atoms with Gasteiger partial charge in [-0.3, -0.25) is 4.79 Å². The number of hydrogen-bond acceptors (Lipinski definition) is 3. The third kappa shape index (κ3) is 2.96. The first-order chi connectivity index (χ1) is 10.0. The predicted octanol–water partition coefficient (Wildman–Crippen LogP) is 1.66. The van der Waals surface area contributed by atoms with Crippen LogP contribution in [0.1, 0.15) is 11.1 Å². The third-order valence-corrected chi connectivity index (χ3v) is 4.72. The fourth-order valence-electron chi connectivity index (χ4n) is 2.23. The van der Waals surface area contributed by atoms with Crippen LogP contribution in [0.4, 0.5) is 5.69 Å². The van der Waals surface area contributed by atoms with Crippen molar-refractivity contribution in [1.82, 2.24) is 4.72 Å². The summed E-state index contributed by atoms with van der Waals surface area (Å²) in [6.07, 6.45) is 0.220. The van der Waals surface area contributed by atoms with Gasteiger partial charge in [-0.05, 0) is 29.3 Å². The van der Waals surface area contributed by atoms with Gasteiger partial charge in [-0.15, -0.1) is 0 Å². The minimum absolute atomic E-state index is 0.114. The second-order valence-electron chi connectivity index (χ2n) is 4.85. The Morgan fingerprint density at radius 3 is 2.62 bits per heavy atom. The zero-order valence-corrected chi connectivity index (χ0v) is 12.0. The van der Waals surface area contributed by atoms with Crippen LogP contribution >= 0.6 is 0 Å². The normalized spacial score (nSPS) is 13.8. The number of carbonyl (C=O) groups excluding carboxylic acids is 1. The van der Waals surface area contributed by atoms with Crippen LogP contribution in [0.2, 0.25) is 0 Å². The first-order valence-corrected chi connectivity index (χ1v) is 7.99. The third-order valence-electron chi connectivity index (χ3n) is 3.32. The van der Waals surface area contributed by atoms with Crippen molar-refractivity contribution in [3.8, 4) is 0 Å². The van der Waals surface area contributed by atoms with Crippen LogP contribution in [0, 0.1) is 0 Å². The van der Waals surface area contributed by atoms with Gasteiger partial charge in [0.05, 0.1) is 11.3 Å². The molecule has 0 saturated carbocycles. The van der Waals surface area contributed by atoms with Gasteiger partial charge in [-0.2, -0.15) is 0 Å². The molecule has 1 heterocycles. The summed E-state index contributed by atoms with van der Waals surface area (Å²) in [5.74, 6) is -0.114. The van der Waals surface area contributed by atoms with Gasteiger partial charge >= 0.3 is 0 Å². The van der Waals surface area contributed by atoms with Crippen LogP contribution in [0.25, 0.3) is 0 Å². The summed E-state index contributed by atoms with van der Waals surface area (Å²) in [5, 5.41) is 2.68. The van der Waals surface area contributed by atoms with Crippen molar-refractivity contribution in [2.75, 3.05) is 5.32 Å². The molecule has 1 aliphatic heterocycles. The number of amides is 1. The van der Waals surface area contributed by atoms with Crippen LogP contribution < -0.4 is 10.0 Å². The van der Waals surface area contributed by atoms with Gasteiger partial charge in [0.2, 0.25) is 15.9 Å². The van der Waals surface area contributed by atoms with Crippen LogP contribution in [-0.4, -0.2) is 14.3 Å². The zero-order valence-electron chi connectivity index (χ0n) is 11.2. The average Bonchev–Trinajstić information content (AvgIpc) is 2.85. The number of nitrogens with one attached hydrogen (secondary N) is 2. The molecule has 0 unspecified atom stereocenters.